The van der Waals surface area contributed by atoms with E-state index in [1.807, 2.05) is 24.4 Å². The lowest BCUT2D eigenvalue weighted by atomic mass is 10.2. The van der Waals surface area contributed by atoms with Crippen LogP contribution in [0.1, 0.15) is 24.3 Å². The minimum absolute atomic E-state index is 0.0669. The maximum absolute atomic E-state index is 11.8. The van der Waals surface area contributed by atoms with E-state index in [1.54, 1.807) is 0 Å². The summed E-state index contributed by atoms with van der Waals surface area (Å²) in [5, 5.41) is 1.99. The fraction of sp³-hybridized carbons (Fsp3) is 0.273. The van der Waals surface area contributed by atoms with Gasteiger partial charge < -0.3 is 0 Å². The van der Waals surface area contributed by atoms with Crippen LogP contribution in [0.3, 0.4) is 0 Å². The van der Waals surface area contributed by atoms with Crippen molar-refractivity contribution in [3.63, 3.8) is 0 Å². The Morgan fingerprint density at radius 3 is 2.82 bits per heavy atom. The van der Waals surface area contributed by atoms with Gasteiger partial charge >= 0.3 is 5.69 Å². The second-order valence-electron chi connectivity index (χ2n) is 3.57. The predicted molar refractivity (Wildman–Crippen MR) is 69.1 cm³/mol. The molecule has 17 heavy (non-hydrogen) atoms. The monoisotopic (exact) mass is 270 g/mol. The van der Waals surface area contributed by atoms with E-state index >= 15 is 0 Å². The molecule has 0 amide bonds. The van der Waals surface area contributed by atoms with E-state index in [2.05, 4.69) is 4.98 Å². The zero-order chi connectivity index (χ0) is 12.4. The van der Waals surface area contributed by atoms with E-state index in [4.69, 9.17) is 11.6 Å². The number of aromatic nitrogens is 2. The molecule has 0 aliphatic carbocycles. The topological polar surface area (TPSA) is 54.9 Å². The van der Waals surface area contributed by atoms with Gasteiger partial charge in [-0.25, -0.2) is 4.79 Å². The fourth-order valence-electron chi connectivity index (χ4n) is 1.76. The molecule has 4 nitrogen and oxygen atoms in total. The number of rotatable bonds is 3. The zero-order valence-corrected chi connectivity index (χ0v) is 10.7. The zero-order valence-electron chi connectivity index (χ0n) is 9.14. The van der Waals surface area contributed by atoms with Crippen LogP contribution in [0.5, 0.6) is 0 Å². The van der Waals surface area contributed by atoms with Crippen molar-refractivity contribution in [2.45, 2.75) is 19.4 Å². The molecule has 2 heterocycles. The largest absolute Gasteiger partial charge is 0.330 e. The molecule has 2 aromatic heterocycles. The van der Waals surface area contributed by atoms with Crippen LogP contribution in [0.2, 0.25) is 5.15 Å². The second kappa shape index (κ2) is 4.89. The van der Waals surface area contributed by atoms with E-state index in [9.17, 15) is 9.59 Å². The first-order valence-corrected chi connectivity index (χ1v) is 6.44. The number of nitrogens with zero attached hydrogens (tertiary/aromatic N) is 1. The second-order valence-corrected chi connectivity index (χ2v) is 4.96. The standard InChI is InChI=1S/C11H11ClN2O2S/c1-2-7(8-4-3-5-17-8)14-10(15)6-9(12)13-11(14)16/h3-7H,2H2,1H3,(H,13,16). The molecule has 6 heteroatoms. The molecule has 2 rings (SSSR count). The molecule has 0 saturated heterocycles. The molecule has 0 aliphatic rings. The third-order valence-electron chi connectivity index (χ3n) is 2.50. The molecule has 0 aromatic carbocycles. The summed E-state index contributed by atoms with van der Waals surface area (Å²) in [6, 6.07) is 4.81. The molecule has 0 saturated carbocycles. The summed E-state index contributed by atoms with van der Waals surface area (Å²) in [6.45, 7) is 1.94. The van der Waals surface area contributed by atoms with E-state index in [1.165, 1.54) is 22.0 Å². The summed E-state index contributed by atoms with van der Waals surface area (Å²) < 4.78 is 1.21. The van der Waals surface area contributed by atoms with Crippen molar-refractivity contribution in [3.8, 4) is 0 Å². The van der Waals surface area contributed by atoms with Gasteiger partial charge in [0, 0.05) is 10.9 Å². The Labute approximate surface area is 106 Å². The van der Waals surface area contributed by atoms with E-state index < -0.39 is 5.69 Å². The van der Waals surface area contributed by atoms with Crippen LogP contribution in [0, 0.1) is 0 Å². The molecule has 0 bridgehead atoms. The van der Waals surface area contributed by atoms with Crippen LogP contribution in [0.25, 0.3) is 0 Å². The Morgan fingerprint density at radius 1 is 1.53 bits per heavy atom. The van der Waals surface area contributed by atoms with Gasteiger partial charge in [-0.2, -0.15) is 0 Å². The number of nitrogens with one attached hydrogen (secondary N) is 1. The Bertz CT molecular complexity index is 584. The first kappa shape index (κ1) is 12.1. The molecule has 1 N–H and O–H groups in total. The van der Waals surface area contributed by atoms with Crippen molar-refractivity contribution < 1.29 is 0 Å². The number of thiophene rings is 1. The number of H-pyrrole nitrogens is 1. The lowest BCUT2D eigenvalue weighted by Gasteiger charge is -2.15. The average molecular weight is 271 g/mol. The van der Waals surface area contributed by atoms with Crippen molar-refractivity contribution in [1.29, 1.82) is 0 Å². The average Bonchev–Trinajstić information content (AvgIpc) is 2.76. The number of halogens is 1. The molecular formula is C11H11ClN2O2S. The van der Waals surface area contributed by atoms with Crippen LogP contribution < -0.4 is 11.2 Å². The van der Waals surface area contributed by atoms with Gasteiger partial charge in [0.1, 0.15) is 5.15 Å². The highest BCUT2D eigenvalue weighted by atomic mass is 35.5. The van der Waals surface area contributed by atoms with Gasteiger partial charge in [0.15, 0.2) is 0 Å². The summed E-state index contributed by atoms with van der Waals surface area (Å²) in [4.78, 5) is 27.0. The summed E-state index contributed by atoms with van der Waals surface area (Å²) in [5.74, 6) is 0. The molecule has 1 unspecified atom stereocenters. The van der Waals surface area contributed by atoms with Crippen LogP contribution in [0.15, 0.2) is 33.2 Å². The van der Waals surface area contributed by atoms with Crippen LogP contribution in [-0.2, 0) is 0 Å². The highest BCUT2D eigenvalue weighted by molar-refractivity contribution is 7.10. The quantitative estimate of drug-likeness (QED) is 0.870. The number of hydrogen-bond donors (Lipinski definition) is 1. The van der Waals surface area contributed by atoms with Gasteiger partial charge in [-0.05, 0) is 17.9 Å². The first-order valence-electron chi connectivity index (χ1n) is 5.18. The van der Waals surface area contributed by atoms with Gasteiger partial charge in [-0.3, -0.25) is 14.3 Å². The molecule has 90 valence electrons. The maximum Gasteiger partial charge on any atom is 0.330 e. The van der Waals surface area contributed by atoms with Gasteiger partial charge in [-0.1, -0.05) is 24.6 Å². The molecule has 0 aliphatic heterocycles. The summed E-state index contributed by atoms with van der Waals surface area (Å²) in [7, 11) is 0. The minimum Gasteiger partial charge on any atom is -0.298 e. The van der Waals surface area contributed by atoms with Crippen molar-refractivity contribution in [3.05, 3.63) is 54.4 Å². The molecule has 2 aromatic rings. The molecular weight excluding hydrogens is 260 g/mol. The summed E-state index contributed by atoms with van der Waals surface area (Å²) >= 11 is 7.16. The Hall–Kier alpha value is -1.33. The van der Waals surface area contributed by atoms with E-state index in [0.717, 1.165) is 4.88 Å². The molecule has 1 atom stereocenters. The van der Waals surface area contributed by atoms with Crippen molar-refractivity contribution in [2.75, 3.05) is 0 Å². The lowest BCUT2D eigenvalue weighted by molar-refractivity contribution is 0.529. The lowest BCUT2D eigenvalue weighted by Crippen LogP contribution is -2.37. The maximum atomic E-state index is 11.8. The van der Waals surface area contributed by atoms with Crippen LogP contribution >= 0.6 is 22.9 Å². The molecule has 0 radical (unpaired) electrons. The van der Waals surface area contributed by atoms with Crippen LogP contribution in [0.4, 0.5) is 0 Å². The van der Waals surface area contributed by atoms with Gasteiger partial charge in [-0.15, -0.1) is 11.3 Å². The fourth-order valence-corrected chi connectivity index (χ4v) is 2.84. The van der Waals surface area contributed by atoms with Crippen molar-refractivity contribution in [1.82, 2.24) is 9.55 Å². The van der Waals surface area contributed by atoms with Crippen LogP contribution in [-0.4, -0.2) is 9.55 Å². The highest BCUT2D eigenvalue weighted by Crippen LogP contribution is 2.23. The van der Waals surface area contributed by atoms with E-state index in [-0.39, 0.29) is 16.8 Å². The normalized spacial score (nSPS) is 12.6. The Morgan fingerprint density at radius 2 is 2.29 bits per heavy atom. The van der Waals surface area contributed by atoms with Gasteiger partial charge in [0.25, 0.3) is 5.56 Å². The number of hydrogen-bond acceptors (Lipinski definition) is 3. The minimum atomic E-state index is -0.470. The summed E-state index contributed by atoms with van der Waals surface area (Å²) in [6.07, 6.45) is 0.672. The highest BCUT2D eigenvalue weighted by Gasteiger charge is 2.17. The SMILES string of the molecule is CCC(c1cccs1)n1c(=O)cc(Cl)[nH]c1=O. The molecule has 0 fully saturated rings. The third kappa shape index (κ3) is 2.35. The smallest absolute Gasteiger partial charge is 0.298 e. The van der Waals surface area contributed by atoms with Gasteiger partial charge in [0.2, 0.25) is 0 Å². The number of aromatic amines is 1. The summed E-state index contributed by atoms with van der Waals surface area (Å²) in [5.41, 5.74) is -0.846. The predicted octanol–water partition coefficient (Wildman–Crippen LogP) is 2.25. The first-order chi connectivity index (χ1) is 8.13. The third-order valence-corrected chi connectivity index (χ3v) is 3.68. The van der Waals surface area contributed by atoms with Crippen molar-refractivity contribution in [2.24, 2.45) is 0 Å². The Balaban J connectivity index is 2.60. The van der Waals surface area contributed by atoms with Gasteiger partial charge in [0.05, 0.1) is 6.04 Å². The van der Waals surface area contributed by atoms with Crippen molar-refractivity contribution >= 4 is 22.9 Å². The Kier molecular flexibility index (Phi) is 3.49. The van der Waals surface area contributed by atoms with E-state index in [0.29, 0.717) is 6.42 Å². The molecule has 0 spiro atoms.